The van der Waals surface area contributed by atoms with Gasteiger partial charge >= 0.3 is 0 Å². The van der Waals surface area contributed by atoms with E-state index in [9.17, 15) is 4.79 Å². The number of rotatable bonds is 3. The van der Waals surface area contributed by atoms with Crippen molar-refractivity contribution in [3.8, 4) is 0 Å². The van der Waals surface area contributed by atoms with Gasteiger partial charge in [0, 0.05) is 29.7 Å². The Kier molecular flexibility index (Phi) is 4.34. The van der Waals surface area contributed by atoms with Crippen molar-refractivity contribution in [3.63, 3.8) is 0 Å². The number of nitrogens with one attached hydrogen (secondary N) is 2. The van der Waals surface area contributed by atoms with Crippen molar-refractivity contribution in [2.45, 2.75) is 12.5 Å². The summed E-state index contributed by atoms with van der Waals surface area (Å²) in [5.74, 6) is -0.0991. The van der Waals surface area contributed by atoms with Crippen LogP contribution in [0.1, 0.15) is 6.42 Å². The number of ether oxygens (including phenoxy) is 1. The molecule has 2 N–H and O–H groups in total. The quantitative estimate of drug-likeness (QED) is 0.912. The van der Waals surface area contributed by atoms with Gasteiger partial charge in [0.05, 0.1) is 30.3 Å². The Hall–Kier alpha value is -1.69. The molecular weight excluding hydrogens is 290 g/mol. The number of halogens is 1. The van der Waals surface area contributed by atoms with Crippen LogP contribution in [0.2, 0.25) is 5.02 Å². The molecule has 1 amide bonds. The molecule has 21 heavy (non-hydrogen) atoms. The number of carbonyl (C=O) groups excluding carboxylic acids is 1. The first-order chi connectivity index (χ1) is 10.2. The van der Waals surface area contributed by atoms with Gasteiger partial charge in [0.25, 0.3) is 0 Å². The minimum atomic E-state index is -0.0991. The number of hydrogen-bond acceptors (Lipinski definition) is 4. The van der Waals surface area contributed by atoms with Gasteiger partial charge in [0.15, 0.2) is 0 Å². The summed E-state index contributed by atoms with van der Waals surface area (Å²) in [5.41, 5.74) is 1.37. The monoisotopic (exact) mass is 305 g/mol. The summed E-state index contributed by atoms with van der Waals surface area (Å²) in [6, 6.07) is 7.30. The highest BCUT2D eigenvalue weighted by molar-refractivity contribution is 6.32. The number of fused-ring (bicyclic) bond motifs is 1. The molecule has 2 heterocycles. The summed E-state index contributed by atoms with van der Waals surface area (Å²) in [5, 5.41) is 7.55. The van der Waals surface area contributed by atoms with E-state index in [1.54, 1.807) is 12.3 Å². The molecule has 1 aliphatic rings. The minimum Gasteiger partial charge on any atom is -0.375 e. The van der Waals surface area contributed by atoms with Crippen LogP contribution < -0.4 is 10.6 Å². The van der Waals surface area contributed by atoms with Gasteiger partial charge in [0.1, 0.15) is 0 Å². The molecule has 0 saturated carbocycles. The van der Waals surface area contributed by atoms with Crippen LogP contribution in [0.5, 0.6) is 0 Å². The Morgan fingerprint density at radius 1 is 1.52 bits per heavy atom. The summed E-state index contributed by atoms with van der Waals surface area (Å²) in [7, 11) is 0. The summed E-state index contributed by atoms with van der Waals surface area (Å²) in [4.78, 5) is 16.5. The van der Waals surface area contributed by atoms with Crippen molar-refractivity contribution in [2.24, 2.45) is 0 Å². The first-order valence-electron chi connectivity index (χ1n) is 6.89. The van der Waals surface area contributed by atoms with Crippen LogP contribution in [0.15, 0.2) is 30.5 Å². The van der Waals surface area contributed by atoms with Crippen LogP contribution in [0.3, 0.4) is 0 Å². The van der Waals surface area contributed by atoms with Crippen LogP contribution in [0.4, 0.5) is 5.69 Å². The Balaban J connectivity index is 1.76. The lowest BCUT2D eigenvalue weighted by Gasteiger charge is -2.23. The van der Waals surface area contributed by atoms with Gasteiger partial charge in [0.2, 0.25) is 5.91 Å². The fourth-order valence-electron chi connectivity index (χ4n) is 2.41. The van der Waals surface area contributed by atoms with E-state index >= 15 is 0 Å². The number of anilines is 1. The molecule has 1 aromatic carbocycles. The molecular formula is C15H16ClN3O2. The van der Waals surface area contributed by atoms with E-state index in [0.29, 0.717) is 30.3 Å². The van der Waals surface area contributed by atoms with Crippen molar-refractivity contribution in [2.75, 3.05) is 25.0 Å². The second-order valence-corrected chi connectivity index (χ2v) is 5.41. The molecule has 1 unspecified atom stereocenters. The zero-order chi connectivity index (χ0) is 14.7. The van der Waals surface area contributed by atoms with Crippen molar-refractivity contribution >= 4 is 34.1 Å². The van der Waals surface area contributed by atoms with E-state index in [-0.39, 0.29) is 12.0 Å². The van der Waals surface area contributed by atoms with Crippen molar-refractivity contribution in [1.82, 2.24) is 10.3 Å². The van der Waals surface area contributed by atoms with Gasteiger partial charge in [-0.15, -0.1) is 0 Å². The lowest BCUT2D eigenvalue weighted by atomic mass is 10.1. The fourth-order valence-corrected chi connectivity index (χ4v) is 2.64. The largest absolute Gasteiger partial charge is 0.375 e. The summed E-state index contributed by atoms with van der Waals surface area (Å²) in [6.45, 7) is 2.17. The fraction of sp³-hybridized carbons (Fsp3) is 0.333. The molecule has 1 fully saturated rings. The molecule has 5 nitrogen and oxygen atoms in total. The average Bonchev–Trinajstić information content (AvgIpc) is 2.48. The Labute approximate surface area is 127 Å². The molecule has 6 heteroatoms. The van der Waals surface area contributed by atoms with Crippen LogP contribution >= 0.6 is 11.6 Å². The number of hydrogen-bond donors (Lipinski definition) is 2. The maximum Gasteiger partial charge on any atom is 0.227 e. The molecule has 2 aromatic rings. The molecule has 1 aliphatic heterocycles. The third kappa shape index (κ3) is 3.50. The molecule has 0 bridgehead atoms. The maximum atomic E-state index is 12.1. The van der Waals surface area contributed by atoms with E-state index < -0.39 is 0 Å². The smallest absolute Gasteiger partial charge is 0.227 e. The predicted octanol–water partition coefficient (Wildman–Crippen LogP) is 2.21. The summed E-state index contributed by atoms with van der Waals surface area (Å²) >= 11 is 6.09. The number of pyridine rings is 1. The van der Waals surface area contributed by atoms with Crippen molar-refractivity contribution < 1.29 is 9.53 Å². The van der Waals surface area contributed by atoms with Crippen LogP contribution in [0.25, 0.3) is 10.9 Å². The first kappa shape index (κ1) is 14.3. The lowest BCUT2D eigenvalue weighted by molar-refractivity contribution is -0.119. The normalized spacial score (nSPS) is 18.6. The molecule has 0 aliphatic carbocycles. The third-order valence-corrected chi connectivity index (χ3v) is 3.58. The number of nitrogens with zero attached hydrogens (tertiary/aromatic N) is 1. The predicted molar refractivity (Wildman–Crippen MR) is 82.6 cm³/mol. The number of aromatic nitrogens is 1. The SMILES string of the molecule is O=C(CC1CNCCO1)Nc1cc(Cl)cc2cccnc12. The number of amides is 1. The summed E-state index contributed by atoms with van der Waals surface area (Å²) < 4.78 is 5.53. The molecule has 1 atom stereocenters. The van der Waals surface area contributed by atoms with Gasteiger partial charge in [-0.25, -0.2) is 0 Å². The molecule has 3 rings (SSSR count). The highest BCUT2D eigenvalue weighted by Gasteiger charge is 2.18. The molecule has 0 radical (unpaired) electrons. The number of morpholine rings is 1. The Morgan fingerprint density at radius 3 is 3.24 bits per heavy atom. The molecule has 0 spiro atoms. The van der Waals surface area contributed by atoms with Crippen molar-refractivity contribution in [3.05, 3.63) is 35.5 Å². The first-order valence-corrected chi connectivity index (χ1v) is 7.26. The highest BCUT2D eigenvalue weighted by Crippen LogP contribution is 2.26. The third-order valence-electron chi connectivity index (χ3n) is 3.36. The number of carbonyl (C=O) groups is 1. The number of benzene rings is 1. The van der Waals surface area contributed by atoms with E-state index in [1.165, 1.54) is 0 Å². The minimum absolute atomic E-state index is 0.0860. The lowest BCUT2D eigenvalue weighted by Crippen LogP contribution is -2.40. The second kappa shape index (κ2) is 6.39. The Morgan fingerprint density at radius 2 is 2.43 bits per heavy atom. The standard InChI is InChI=1S/C15H16ClN3O2/c16-11-6-10-2-1-3-18-15(10)13(7-11)19-14(20)8-12-9-17-4-5-21-12/h1-3,6-7,12,17H,4-5,8-9H2,(H,19,20). The molecule has 110 valence electrons. The van der Waals surface area contributed by atoms with Crippen molar-refractivity contribution in [1.29, 1.82) is 0 Å². The van der Waals surface area contributed by atoms with E-state index in [4.69, 9.17) is 16.3 Å². The average molecular weight is 306 g/mol. The van der Waals surface area contributed by atoms with Gasteiger partial charge in [-0.1, -0.05) is 17.7 Å². The Bertz CT molecular complexity index is 656. The van der Waals surface area contributed by atoms with E-state index in [2.05, 4.69) is 15.6 Å². The molecule has 1 aromatic heterocycles. The van der Waals surface area contributed by atoms with Gasteiger partial charge in [-0.2, -0.15) is 0 Å². The highest BCUT2D eigenvalue weighted by atomic mass is 35.5. The van der Waals surface area contributed by atoms with Gasteiger partial charge < -0.3 is 15.4 Å². The van der Waals surface area contributed by atoms with Crippen LogP contribution in [-0.4, -0.2) is 36.7 Å². The topological polar surface area (TPSA) is 63.2 Å². The zero-order valence-electron chi connectivity index (χ0n) is 11.4. The second-order valence-electron chi connectivity index (χ2n) is 4.98. The zero-order valence-corrected chi connectivity index (χ0v) is 12.2. The van der Waals surface area contributed by atoms with E-state index in [1.807, 2.05) is 18.2 Å². The van der Waals surface area contributed by atoms with Gasteiger partial charge in [-0.05, 0) is 18.2 Å². The molecule has 1 saturated heterocycles. The van der Waals surface area contributed by atoms with E-state index in [0.717, 1.165) is 17.4 Å². The summed E-state index contributed by atoms with van der Waals surface area (Å²) in [6.07, 6.45) is 1.92. The van der Waals surface area contributed by atoms with Crippen LogP contribution in [-0.2, 0) is 9.53 Å². The van der Waals surface area contributed by atoms with Crippen LogP contribution in [0, 0.1) is 0 Å². The maximum absolute atomic E-state index is 12.1. The van der Waals surface area contributed by atoms with Gasteiger partial charge in [-0.3, -0.25) is 9.78 Å².